The predicted molar refractivity (Wildman–Crippen MR) is 115 cm³/mol. The molecule has 0 aliphatic heterocycles. The minimum atomic E-state index is -3.78. The number of carbonyl (C=O) groups excluding carboxylic acids is 1. The van der Waals surface area contributed by atoms with Crippen molar-refractivity contribution in [3.8, 4) is 5.75 Å². The first-order valence-corrected chi connectivity index (χ1v) is 11.7. The molecule has 1 N–H and O–H groups in total. The number of hydrogen-bond donors (Lipinski definition) is 1. The first-order chi connectivity index (χ1) is 13.7. The van der Waals surface area contributed by atoms with E-state index < -0.39 is 16.1 Å². The Kier molecular flexibility index (Phi) is 6.39. The molecule has 8 heteroatoms. The number of halogens is 1. The van der Waals surface area contributed by atoms with Crippen LogP contribution in [-0.2, 0) is 21.2 Å². The molecule has 0 spiro atoms. The van der Waals surface area contributed by atoms with E-state index in [4.69, 9.17) is 16.3 Å². The number of nitrogens with one attached hydrogen (secondary N) is 1. The van der Waals surface area contributed by atoms with Crippen LogP contribution in [0.3, 0.4) is 0 Å². The molecule has 0 aromatic heterocycles. The molecule has 6 nitrogen and oxygen atoms in total. The summed E-state index contributed by atoms with van der Waals surface area (Å²) in [6.45, 7) is 1.56. The molecular weight excluding hydrogens is 412 g/mol. The average molecular weight is 437 g/mol. The summed E-state index contributed by atoms with van der Waals surface area (Å²) in [5.41, 5.74) is 2.54. The lowest BCUT2D eigenvalue weighted by atomic mass is 9.87. The third kappa shape index (κ3) is 4.67. The maximum atomic E-state index is 13.1. The fourth-order valence-electron chi connectivity index (χ4n) is 3.81. The Balaban J connectivity index is 1.91. The standard InChI is InChI=1S/C21H25ClN2O4S/c1-14(21(25)23-18-10-6-8-15-7-4-5-9-17(15)18)24(29(3,26)27)19-13-16(22)11-12-20(19)28-2/h4-5,7,9,11-14,18H,6,8,10H2,1-3H3,(H,23,25)/t14-,18+/m1/s1. The molecule has 29 heavy (non-hydrogen) atoms. The first kappa shape index (κ1) is 21.5. The van der Waals surface area contributed by atoms with Crippen LogP contribution in [0.2, 0.25) is 5.02 Å². The van der Waals surface area contributed by atoms with Gasteiger partial charge in [0, 0.05) is 5.02 Å². The molecule has 1 aliphatic carbocycles. The lowest BCUT2D eigenvalue weighted by molar-refractivity contribution is -0.122. The molecule has 1 amide bonds. The summed E-state index contributed by atoms with van der Waals surface area (Å²) < 4.78 is 31.6. The minimum absolute atomic E-state index is 0.141. The highest BCUT2D eigenvalue weighted by atomic mass is 35.5. The van der Waals surface area contributed by atoms with Gasteiger partial charge < -0.3 is 10.1 Å². The number of hydrogen-bond acceptors (Lipinski definition) is 4. The van der Waals surface area contributed by atoms with Gasteiger partial charge in [-0.15, -0.1) is 0 Å². The van der Waals surface area contributed by atoms with Gasteiger partial charge >= 0.3 is 0 Å². The largest absolute Gasteiger partial charge is 0.495 e. The third-order valence-corrected chi connectivity index (χ3v) is 6.62. The van der Waals surface area contributed by atoms with Crippen LogP contribution in [0.1, 0.15) is 36.9 Å². The summed E-state index contributed by atoms with van der Waals surface area (Å²) in [7, 11) is -2.34. The molecule has 0 bridgehead atoms. The Morgan fingerprint density at radius 1 is 1.28 bits per heavy atom. The topological polar surface area (TPSA) is 75.7 Å². The highest BCUT2D eigenvalue weighted by Gasteiger charge is 2.33. The Labute approximate surface area is 176 Å². The van der Waals surface area contributed by atoms with Crippen LogP contribution in [0.25, 0.3) is 0 Å². The number of methoxy groups -OCH3 is 1. The highest BCUT2D eigenvalue weighted by molar-refractivity contribution is 7.92. The van der Waals surface area contributed by atoms with E-state index in [9.17, 15) is 13.2 Å². The third-order valence-electron chi connectivity index (χ3n) is 5.15. The van der Waals surface area contributed by atoms with Gasteiger partial charge in [-0.2, -0.15) is 0 Å². The van der Waals surface area contributed by atoms with E-state index in [1.807, 2.05) is 18.2 Å². The molecule has 2 aromatic rings. The molecule has 0 radical (unpaired) electrons. The van der Waals surface area contributed by atoms with Gasteiger partial charge in [0.05, 0.1) is 25.1 Å². The number of rotatable bonds is 6. The number of amides is 1. The van der Waals surface area contributed by atoms with Crippen molar-refractivity contribution in [2.75, 3.05) is 17.7 Å². The molecule has 2 aromatic carbocycles. The zero-order valence-electron chi connectivity index (χ0n) is 16.7. The zero-order valence-corrected chi connectivity index (χ0v) is 18.3. The van der Waals surface area contributed by atoms with E-state index in [0.29, 0.717) is 10.8 Å². The van der Waals surface area contributed by atoms with Crippen molar-refractivity contribution < 1.29 is 17.9 Å². The highest BCUT2D eigenvalue weighted by Crippen LogP contribution is 2.35. The van der Waals surface area contributed by atoms with Gasteiger partial charge in [-0.3, -0.25) is 9.10 Å². The van der Waals surface area contributed by atoms with E-state index in [-0.39, 0.29) is 17.6 Å². The summed E-state index contributed by atoms with van der Waals surface area (Å²) >= 11 is 6.09. The first-order valence-electron chi connectivity index (χ1n) is 9.43. The second-order valence-corrected chi connectivity index (χ2v) is 9.50. The normalized spacial score (nSPS) is 17.2. The smallest absolute Gasteiger partial charge is 0.244 e. The predicted octanol–water partition coefficient (Wildman–Crippen LogP) is 3.70. The Bertz CT molecular complexity index is 1010. The second kappa shape index (κ2) is 8.63. The lowest BCUT2D eigenvalue weighted by Crippen LogP contribution is -2.49. The molecule has 0 unspecified atom stereocenters. The molecule has 0 saturated heterocycles. The quantitative estimate of drug-likeness (QED) is 0.749. The molecule has 1 aliphatic rings. The van der Waals surface area contributed by atoms with Crippen molar-refractivity contribution in [1.82, 2.24) is 5.32 Å². The van der Waals surface area contributed by atoms with Crippen LogP contribution in [0.4, 0.5) is 5.69 Å². The number of sulfonamides is 1. The maximum Gasteiger partial charge on any atom is 0.244 e. The SMILES string of the molecule is COc1ccc(Cl)cc1N([C@H](C)C(=O)N[C@H]1CCCc2ccccc21)S(C)(=O)=O. The minimum Gasteiger partial charge on any atom is -0.495 e. The van der Waals surface area contributed by atoms with E-state index >= 15 is 0 Å². The Hall–Kier alpha value is -2.25. The number of aryl methyl sites for hydroxylation is 1. The summed E-state index contributed by atoms with van der Waals surface area (Å²) in [5.74, 6) is -0.0540. The average Bonchev–Trinajstić information content (AvgIpc) is 2.67. The van der Waals surface area contributed by atoms with E-state index in [2.05, 4.69) is 11.4 Å². The van der Waals surface area contributed by atoms with Crippen LogP contribution in [0.5, 0.6) is 5.75 Å². The number of carbonyl (C=O) groups is 1. The molecular formula is C21H25ClN2O4S. The summed E-state index contributed by atoms with van der Waals surface area (Å²) in [4.78, 5) is 13.1. The van der Waals surface area contributed by atoms with Crippen molar-refractivity contribution in [3.05, 3.63) is 58.6 Å². The summed E-state index contributed by atoms with van der Waals surface area (Å²) in [6.07, 6.45) is 3.82. The van der Waals surface area contributed by atoms with Crippen LogP contribution < -0.4 is 14.4 Å². The van der Waals surface area contributed by atoms with Gasteiger partial charge in [-0.1, -0.05) is 35.9 Å². The summed E-state index contributed by atoms with van der Waals surface area (Å²) in [5, 5.41) is 3.38. The summed E-state index contributed by atoms with van der Waals surface area (Å²) in [6, 6.07) is 11.6. The van der Waals surface area contributed by atoms with Gasteiger partial charge in [0.1, 0.15) is 11.8 Å². The van der Waals surface area contributed by atoms with Crippen LogP contribution in [0.15, 0.2) is 42.5 Å². The molecule has 156 valence electrons. The zero-order chi connectivity index (χ0) is 21.2. The number of anilines is 1. The molecule has 2 atom stereocenters. The van der Waals surface area contributed by atoms with Crippen molar-refractivity contribution >= 4 is 33.2 Å². The van der Waals surface area contributed by atoms with Gasteiger partial charge in [0.2, 0.25) is 15.9 Å². The number of ether oxygens (including phenoxy) is 1. The van der Waals surface area contributed by atoms with Gasteiger partial charge in [-0.25, -0.2) is 8.42 Å². The molecule has 3 rings (SSSR count). The molecule has 0 saturated carbocycles. The van der Waals surface area contributed by atoms with Crippen molar-refractivity contribution in [2.24, 2.45) is 0 Å². The van der Waals surface area contributed by atoms with Crippen LogP contribution in [-0.4, -0.2) is 33.7 Å². The fourth-order valence-corrected chi connectivity index (χ4v) is 5.15. The molecule has 0 heterocycles. The van der Waals surface area contributed by atoms with E-state index in [1.165, 1.54) is 18.7 Å². The number of benzene rings is 2. The number of fused-ring (bicyclic) bond motifs is 1. The fraction of sp³-hybridized carbons (Fsp3) is 0.381. The Morgan fingerprint density at radius 3 is 2.69 bits per heavy atom. The van der Waals surface area contributed by atoms with E-state index in [0.717, 1.165) is 35.4 Å². The monoisotopic (exact) mass is 436 g/mol. The van der Waals surface area contributed by atoms with Gasteiger partial charge in [0.15, 0.2) is 0 Å². The van der Waals surface area contributed by atoms with Gasteiger partial charge in [0.25, 0.3) is 0 Å². The van der Waals surface area contributed by atoms with Crippen molar-refractivity contribution in [2.45, 2.75) is 38.3 Å². The Morgan fingerprint density at radius 2 is 2.00 bits per heavy atom. The van der Waals surface area contributed by atoms with Crippen molar-refractivity contribution in [1.29, 1.82) is 0 Å². The van der Waals surface area contributed by atoms with Gasteiger partial charge in [-0.05, 0) is 55.5 Å². The molecule has 0 fully saturated rings. The second-order valence-electron chi connectivity index (χ2n) is 7.20. The van der Waals surface area contributed by atoms with Crippen LogP contribution in [0, 0.1) is 0 Å². The van der Waals surface area contributed by atoms with Crippen molar-refractivity contribution in [3.63, 3.8) is 0 Å². The van der Waals surface area contributed by atoms with E-state index in [1.54, 1.807) is 19.1 Å². The lowest BCUT2D eigenvalue weighted by Gasteiger charge is -2.32. The van der Waals surface area contributed by atoms with Crippen LogP contribution >= 0.6 is 11.6 Å². The number of nitrogens with zero attached hydrogens (tertiary/aromatic N) is 1. The maximum absolute atomic E-state index is 13.1.